The Bertz CT molecular complexity index is 501. The zero-order chi connectivity index (χ0) is 11.5. The fraction of sp³-hybridized carbons (Fsp3) is 0.200. The summed E-state index contributed by atoms with van der Waals surface area (Å²) < 4.78 is 22.1. The van der Waals surface area contributed by atoms with E-state index in [0.29, 0.717) is 17.8 Å². The molecule has 1 heterocycles. The molecule has 2 N–H and O–H groups in total. The van der Waals surface area contributed by atoms with E-state index in [4.69, 9.17) is 10.5 Å². The van der Waals surface area contributed by atoms with Crippen molar-refractivity contribution in [2.75, 3.05) is 7.11 Å². The van der Waals surface area contributed by atoms with Gasteiger partial charge >= 0.3 is 0 Å². The van der Waals surface area contributed by atoms with E-state index in [9.17, 15) is 4.39 Å². The molecule has 1 aromatic carbocycles. The predicted molar refractivity (Wildman–Crippen MR) is 59.7 cm³/mol. The number of ether oxygens (including phenoxy) is 1. The van der Waals surface area contributed by atoms with Crippen LogP contribution in [0.3, 0.4) is 0 Å². The maximum atomic E-state index is 13.5. The number of benzene rings is 1. The first-order chi connectivity index (χ1) is 7.76. The summed E-state index contributed by atoms with van der Waals surface area (Å²) in [6.07, 6.45) is 0. The van der Waals surface area contributed by atoms with Crippen LogP contribution in [0.15, 0.2) is 18.2 Å². The van der Waals surface area contributed by atoms with Crippen LogP contribution in [0, 0.1) is 5.82 Å². The standard InChI is InChI=1S/C10H10FN3OS/c1-15-8-3-2-6(4-7(8)11)10-9(5-12)16-14-13-10/h2-4H,5,12H2,1H3. The Morgan fingerprint density at radius 3 is 2.94 bits per heavy atom. The van der Waals surface area contributed by atoms with Crippen molar-refractivity contribution in [2.24, 2.45) is 5.73 Å². The fourth-order valence-electron chi connectivity index (χ4n) is 1.38. The summed E-state index contributed by atoms with van der Waals surface area (Å²) >= 11 is 1.22. The number of aromatic nitrogens is 2. The Morgan fingerprint density at radius 2 is 2.31 bits per heavy atom. The number of hydrogen-bond acceptors (Lipinski definition) is 5. The van der Waals surface area contributed by atoms with Gasteiger partial charge in [0.05, 0.1) is 12.0 Å². The molecule has 0 saturated carbocycles. The number of methoxy groups -OCH3 is 1. The summed E-state index contributed by atoms with van der Waals surface area (Å²) in [5.41, 5.74) is 6.83. The lowest BCUT2D eigenvalue weighted by Crippen LogP contribution is -1.96. The number of nitrogens with two attached hydrogens (primary N) is 1. The lowest BCUT2D eigenvalue weighted by atomic mass is 10.1. The van der Waals surface area contributed by atoms with Crippen LogP contribution in [0.25, 0.3) is 11.3 Å². The molecule has 0 saturated heterocycles. The smallest absolute Gasteiger partial charge is 0.165 e. The molecule has 84 valence electrons. The third kappa shape index (κ3) is 1.89. The van der Waals surface area contributed by atoms with Crippen molar-refractivity contribution in [2.45, 2.75) is 6.54 Å². The van der Waals surface area contributed by atoms with Gasteiger partial charge in [-0.05, 0) is 29.7 Å². The Hall–Kier alpha value is -1.53. The molecule has 0 fully saturated rings. The highest BCUT2D eigenvalue weighted by Gasteiger charge is 2.11. The zero-order valence-corrected chi connectivity index (χ0v) is 9.42. The van der Waals surface area contributed by atoms with Crippen molar-refractivity contribution < 1.29 is 9.13 Å². The zero-order valence-electron chi connectivity index (χ0n) is 8.61. The number of nitrogens with zero attached hydrogens (tertiary/aromatic N) is 2. The highest BCUT2D eigenvalue weighted by molar-refractivity contribution is 7.05. The monoisotopic (exact) mass is 239 g/mol. The Kier molecular flexibility index (Phi) is 3.12. The van der Waals surface area contributed by atoms with Gasteiger partial charge in [-0.15, -0.1) is 5.10 Å². The average Bonchev–Trinajstić information content (AvgIpc) is 2.77. The molecule has 2 rings (SSSR count). The largest absolute Gasteiger partial charge is 0.494 e. The van der Waals surface area contributed by atoms with E-state index < -0.39 is 5.82 Å². The fourth-order valence-corrected chi connectivity index (χ4v) is 1.92. The summed E-state index contributed by atoms with van der Waals surface area (Å²) in [6, 6.07) is 4.66. The van der Waals surface area contributed by atoms with Crippen molar-refractivity contribution in [3.63, 3.8) is 0 Å². The molecule has 0 atom stereocenters. The Morgan fingerprint density at radius 1 is 1.50 bits per heavy atom. The van der Waals surface area contributed by atoms with E-state index in [-0.39, 0.29) is 5.75 Å². The van der Waals surface area contributed by atoms with Gasteiger partial charge in [-0.25, -0.2) is 4.39 Å². The Balaban J connectivity index is 2.45. The van der Waals surface area contributed by atoms with E-state index in [2.05, 4.69) is 9.59 Å². The molecular formula is C10H10FN3OS. The number of rotatable bonds is 3. The lowest BCUT2D eigenvalue weighted by Gasteiger charge is -2.03. The minimum absolute atomic E-state index is 0.209. The molecule has 0 aliphatic carbocycles. The topological polar surface area (TPSA) is 61.0 Å². The van der Waals surface area contributed by atoms with Crippen LogP contribution in [0.1, 0.15) is 4.88 Å². The summed E-state index contributed by atoms with van der Waals surface area (Å²) in [7, 11) is 1.42. The van der Waals surface area contributed by atoms with Gasteiger partial charge in [-0.3, -0.25) is 0 Å². The molecule has 0 radical (unpaired) electrons. The highest BCUT2D eigenvalue weighted by Crippen LogP contribution is 2.27. The second-order valence-electron chi connectivity index (χ2n) is 3.10. The van der Waals surface area contributed by atoms with Crippen molar-refractivity contribution in [1.29, 1.82) is 0 Å². The van der Waals surface area contributed by atoms with Crippen molar-refractivity contribution in [3.05, 3.63) is 28.9 Å². The molecule has 16 heavy (non-hydrogen) atoms. The normalized spacial score (nSPS) is 10.4. The molecule has 0 amide bonds. The SMILES string of the molecule is COc1ccc(-c2nnsc2CN)cc1F. The van der Waals surface area contributed by atoms with E-state index in [0.717, 1.165) is 4.88 Å². The minimum Gasteiger partial charge on any atom is -0.494 e. The highest BCUT2D eigenvalue weighted by atomic mass is 32.1. The van der Waals surface area contributed by atoms with Crippen molar-refractivity contribution in [1.82, 2.24) is 9.59 Å². The summed E-state index contributed by atoms with van der Waals surface area (Å²) in [6.45, 7) is 0.348. The van der Waals surface area contributed by atoms with Crippen LogP contribution in [-0.2, 0) is 6.54 Å². The van der Waals surface area contributed by atoms with Crippen LogP contribution in [0.4, 0.5) is 4.39 Å². The number of hydrogen-bond donors (Lipinski definition) is 1. The van der Waals surface area contributed by atoms with Crippen LogP contribution in [0.5, 0.6) is 5.75 Å². The molecule has 1 aromatic heterocycles. The van der Waals surface area contributed by atoms with Gasteiger partial charge in [0.25, 0.3) is 0 Å². The molecule has 0 aliphatic rings. The van der Waals surface area contributed by atoms with Crippen molar-refractivity contribution in [3.8, 4) is 17.0 Å². The van der Waals surface area contributed by atoms with Gasteiger partial charge in [0.15, 0.2) is 11.6 Å². The molecular weight excluding hydrogens is 229 g/mol. The van der Waals surface area contributed by atoms with Crippen LogP contribution < -0.4 is 10.5 Å². The van der Waals surface area contributed by atoms with E-state index in [1.54, 1.807) is 12.1 Å². The lowest BCUT2D eigenvalue weighted by molar-refractivity contribution is 0.386. The van der Waals surface area contributed by atoms with Gasteiger partial charge in [-0.1, -0.05) is 4.49 Å². The predicted octanol–water partition coefficient (Wildman–Crippen LogP) is 1.81. The van der Waals surface area contributed by atoms with Gasteiger partial charge in [0, 0.05) is 12.1 Å². The third-order valence-corrected chi connectivity index (χ3v) is 2.91. The molecule has 0 aliphatic heterocycles. The average molecular weight is 239 g/mol. The Labute approximate surface area is 96.0 Å². The number of halogens is 1. The van der Waals surface area contributed by atoms with E-state index in [1.165, 1.54) is 24.7 Å². The second kappa shape index (κ2) is 4.54. The van der Waals surface area contributed by atoms with Crippen molar-refractivity contribution >= 4 is 11.5 Å². The van der Waals surface area contributed by atoms with Crippen LogP contribution >= 0.6 is 11.5 Å². The summed E-state index contributed by atoms with van der Waals surface area (Å²) in [5.74, 6) is -0.211. The molecule has 2 aromatic rings. The molecule has 0 spiro atoms. The van der Waals surface area contributed by atoms with Gasteiger partial charge in [0.1, 0.15) is 5.69 Å². The molecule has 6 heteroatoms. The molecule has 0 bridgehead atoms. The first kappa shape index (κ1) is 11.0. The second-order valence-corrected chi connectivity index (χ2v) is 3.94. The maximum absolute atomic E-state index is 13.5. The third-order valence-electron chi connectivity index (χ3n) is 2.17. The quantitative estimate of drug-likeness (QED) is 0.887. The van der Waals surface area contributed by atoms with Gasteiger partial charge < -0.3 is 10.5 Å². The molecule has 0 unspecified atom stereocenters. The first-order valence-corrected chi connectivity index (χ1v) is 5.38. The minimum atomic E-state index is -0.420. The van der Waals surface area contributed by atoms with Gasteiger partial charge in [0.2, 0.25) is 0 Å². The van der Waals surface area contributed by atoms with Crippen LogP contribution in [-0.4, -0.2) is 16.7 Å². The summed E-state index contributed by atoms with van der Waals surface area (Å²) in [5, 5.41) is 3.93. The van der Waals surface area contributed by atoms with Crippen LogP contribution in [0.2, 0.25) is 0 Å². The van der Waals surface area contributed by atoms with Gasteiger partial charge in [-0.2, -0.15) is 0 Å². The maximum Gasteiger partial charge on any atom is 0.165 e. The van der Waals surface area contributed by atoms with E-state index in [1.807, 2.05) is 0 Å². The van der Waals surface area contributed by atoms with E-state index >= 15 is 0 Å². The summed E-state index contributed by atoms with van der Waals surface area (Å²) in [4.78, 5) is 0.838. The molecule has 4 nitrogen and oxygen atoms in total. The first-order valence-electron chi connectivity index (χ1n) is 4.61.